The van der Waals surface area contributed by atoms with Gasteiger partial charge in [0.2, 0.25) is 5.91 Å². The van der Waals surface area contributed by atoms with E-state index in [0.29, 0.717) is 37.8 Å². The van der Waals surface area contributed by atoms with Crippen molar-refractivity contribution in [2.75, 3.05) is 6.54 Å². The first-order valence-corrected chi connectivity index (χ1v) is 16.5. The molecule has 4 saturated carbocycles. The number of ketones is 1. The Labute approximate surface area is 265 Å². The summed E-state index contributed by atoms with van der Waals surface area (Å²) in [4.78, 5) is 42.2. The monoisotopic (exact) mass is 610 g/mol. The Morgan fingerprint density at radius 2 is 1.56 bits per heavy atom. The number of fused-ring (bicyclic) bond motifs is 1. The van der Waals surface area contributed by atoms with Crippen molar-refractivity contribution >= 4 is 28.7 Å². The van der Waals surface area contributed by atoms with Crippen LogP contribution in [0.15, 0.2) is 66.5 Å². The number of amides is 2. The van der Waals surface area contributed by atoms with Gasteiger partial charge in [0.1, 0.15) is 11.6 Å². The lowest BCUT2D eigenvalue weighted by atomic mass is 9.55. The van der Waals surface area contributed by atoms with Crippen molar-refractivity contribution < 1.29 is 19.1 Å². The Kier molecular flexibility index (Phi) is 9.02. The summed E-state index contributed by atoms with van der Waals surface area (Å²) in [6.45, 7) is 6.19. The molecule has 4 aliphatic carbocycles. The fourth-order valence-electron chi connectivity index (χ4n) is 8.36. The molecule has 4 fully saturated rings. The molecule has 45 heavy (non-hydrogen) atoms. The molecule has 1 heterocycles. The van der Waals surface area contributed by atoms with Gasteiger partial charge in [0.15, 0.2) is 5.78 Å². The minimum atomic E-state index is -1.22. The standard InChI is InChI=1S/C37H46N4O4/c1-23(14-24(2)42)39-21-28-9-5-4-8-27(28)12-13-38-35(43)37(3,20-31-22-40-33-11-7-6-10-32(31)33)41-36(44)45-34-29-16-25-15-26(18-29)19-30(34)17-25/h4-11,14,22,25-26,29-30,34,39-40H,12-13,15-21H2,1-3H3,(H,38,43)(H,41,44). The van der Waals surface area contributed by atoms with Crippen molar-refractivity contribution in [2.45, 2.75) is 83.9 Å². The first kappa shape index (κ1) is 30.9. The molecular weight excluding hydrogens is 564 g/mol. The summed E-state index contributed by atoms with van der Waals surface area (Å²) in [5, 5.41) is 10.5. The van der Waals surface area contributed by atoms with Crippen LogP contribution in [0.2, 0.25) is 0 Å². The maximum Gasteiger partial charge on any atom is 0.408 e. The number of alkyl carbamates (subject to hydrolysis) is 1. The molecule has 2 aromatic carbocycles. The van der Waals surface area contributed by atoms with Crippen molar-refractivity contribution in [1.29, 1.82) is 0 Å². The highest BCUT2D eigenvalue weighted by Gasteiger charge is 2.50. The number of hydrogen-bond donors (Lipinski definition) is 4. The molecule has 0 aliphatic heterocycles. The summed E-state index contributed by atoms with van der Waals surface area (Å²) >= 11 is 0. The van der Waals surface area contributed by atoms with E-state index in [4.69, 9.17) is 4.74 Å². The van der Waals surface area contributed by atoms with E-state index in [0.717, 1.165) is 70.8 Å². The number of aromatic amines is 1. The fourth-order valence-corrected chi connectivity index (χ4v) is 8.36. The topological polar surface area (TPSA) is 112 Å². The van der Waals surface area contributed by atoms with Crippen LogP contribution in [0.4, 0.5) is 4.79 Å². The van der Waals surface area contributed by atoms with Gasteiger partial charge in [-0.15, -0.1) is 0 Å². The number of ether oxygens (including phenoxy) is 1. The molecule has 8 nitrogen and oxygen atoms in total. The third-order valence-corrected chi connectivity index (χ3v) is 10.3. The predicted octanol–water partition coefficient (Wildman–Crippen LogP) is 5.96. The highest BCUT2D eigenvalue weighted by atomic mass is 16.6. The quantitative estimate of drug-likeness (QED) is 0.189. The van der Waals surface area contributed by atoms with E-state index in [1.165, 1.54) is 13.3 Å². The smallest absolute Gasteiger partial charge is 0.408 e. The molecule has 4 bridgehead atoms. The molecule has 8 heteroatoms. The lowest BCUT2D eigenvalue weighted by Crippen LogP contribution is -2.60. The van der Waals surface area contributed by atoms with Crippen molar-refractivity contribution in [3.8, 4) is 0 Å². The van der Waals surface area contributed by atoms with Crippen LogP contribution in [0.25, 0.3) is 10.9 Å². The summed E-state index contributed by atoms with van der Waals surface area (Å²) < 4.78 is 6.17. The highest BCUT2D eigenvalue weighted by molar-refractivity contribution is 5.91. The van der Waals surface area contributed by atoms with Crippen LogP contribution in [-0.4, -0.2) is 41.0 Å². The van der Waals surface area contributed by atoms with Gasteiger partial charge in [-0.1, -0.05) is 42.5 Å². The third kappa shape index (κ3) is 7.10. The Bertz CT molecular complexity index is 1560. The van der Waals surface area contributed by atoms with E-state index >= 15 is 0 Å². The molecule has 238 valence electrons. The van der Waals surface area contributed by atoms with E-state index in [9.17, 15) is 14.4 Å². The van der Waals surface area contributed by atoms with E-state index < -0.39 is 11.6 Å². The van der Waals surface area contributed by atoms with Crippen LogP contribution >= 0.6 is 0 Å². The number of carbonyl (C=O) groups is 3. The molecule has 0 spiro atoms. The second-order valence-electron chi connectivity index (χ2n) is 13.9. The Hall–Kier alpha value is -4.07. The summed E-state index contributed by atoms with van der Waals surface area (Å²) in [7, 11) is 0. The number of hydrogen-bond acceptors (Lipinski definition) is 5. The largest absolute Gasteiger partial charge is 0.446 e. The van der Waals surface area contributed by atoms with E-state index in [1.54, 1.807) is 13.0 Å². The Balaban J connectivity index is 1.13. The number of nitrogens with one attached hydrogen (secondary N) is 4. The van der Waals surface area contributed by atoms with Gasteiger partial charge in [-0.2, -0.15) is 0 Å². The second kappa shape index (κ2) is 13.1. The zero-order valence-corrected chi connectivity index (χ0v) is 26.7. The lowest BCUT2D eigenvalue weighted by molar-refractivity contribution is -0.127. The lowest BCUT2D eigenvalue weighted by Gasteiger charge is -2.53. The molecule has 0 radical (unpaired) electrons. The number of aromatic nitrogens is 1. The van der Waals surface area contributed by atoms with Crippen LogP contribution in [0.1, 0.15) is 69.6 Å². The zero-order chi connectivity index (χ0) is 31.6. The normalized spacial score (nSPS) is 25.0. The molecule has 2 amide bonds. The molecule has 7 rings (SSSR count). The van der Waals surface area contributed by atoms with Crippen LogP contribution in [-0.2, 0) is 33.7 Å². The minimum absolute atomic E-state index is 0.00205. The van der Waals surface area contributed by atoms with E-state index in [1.807, 2.05) is 55.6 Å². The Morgan fingerprint density at radius 1 is 0.889 bits per heavy atom. The maximum atomic E-state index is 13.9. The molecule has 0 saturated heterocycles. The fraction of sp³-hybridized carbons (Fsp3) is 0.486. The van der Waals surface area contributed by atoms with Gasteiger partial charge in [-0.25, -0.2) is 4.79 Å². The molecule has 4 aliphatic rings. The number of carbonyl (C=O) groups excluding carboxylic acids is 3. The van der Waals surface area contributed by atoms with Gasteiger partial charge in [0, 0.05) is 42.3 Å². The van der Waals surface area contributed by atoms with E-state index in [-0.39, 0.29) is 17.8 Å². The first-order valence-electron chi connectivity index (χ1n) is 16.5. The molecule has 1 atom stereocenters. The highest BCUT2D eigenvalue weighted by Crippen LogP contribution is 2.54. The number of para-hydroxylation sites is 1. The number of benzene rings is 2. The van der Waals surface area contributed by atoms with Crippen molar-refractivity contribution in [3.05, 3.63) is 83.2 Å². The summed E-state index contributed by atoms with van der Waals surface area (Å²) in [6.07, 6.45) is 9.85. The molecule has 1 aromatic heterocycles. The van der Waals surface area contributed by atoms with Gasteiger partial charge < -0.3 is 25.7 Å². The zero-order valence-electron chi connectivity index (χ0n) is 26.7. The minimum Gasteiger partial charge on any atom is -0.446 e. The molecule has 1 unspecified atom stereocenters. The van der Waals surface area contributed by atoms with Gasteiger partial charge in [0.25, 0.3) is 0 Å². The van der Waals surface area contributed by atoms with Crippen LogP contribution < -0.4 is 16.0 Å². The van der Waals surface area contributed by atoms with Crippen LogP contribution in [0.3, 0.4) is 0 Å². The Morgan fingerprint density at radius 3 is 2.27 bits per heavy atom. The van der Waals surface area contributed by atoms with Crippen molar-refractivity contribution in [3.63, 3.8) is 0 Å². The first-order chi connectivity index (χ1) is 21.7. The van der Waals surface area contributed by atoms with Gasteiger partial charge in [-0.05, 0) is 112 Å². The summed E-state index contributed by atoms with van der Waals surface area (Å²) in [5.74, 6) is 2.22. The van der Waals surface area contributed by atoms with Crippen LogP contribution in [0, 0.1) is 23.7 Å². The number of allylic oxidation sites excluding steroid dienone is 2. The molecular formula is C37H46N4O4. The van der Waals surface area contributed by atoms with Gasteiger partial charge in [-0.3, -0.25) is 9.59 Å². The van der Waals surface area contributed by atoms with E-state index in [2.05, 4.69) is 27.0 Å². The van der Waals surface area contributed by atoms with Crippen molar-refractivity contribution in [2.24, 2.45) is 23.7 Å². The molecule has 4 N–H and O–H groups in total. The van der Waals surface area contributed by atoms with Crippen LogP contribution in [0.5, 0.6) is 0 Å². The number of rotatable bonds is 12. The average Bonchev–Trinajstić information content (AvgIpc) is 3.40. The maximum absolute atomic E-state index is 13.9. The van der Waals surface area contributed by atoms with Gasteiger partial charge >= 0.3 is 6.09 Å². The predicted molar refractivity (Wildman–Crippen MR) is 175 cm³/mol. The number of H-pyrrole nitrogens is 1. The summed E-state index contributed by atoms with van der Waals surface area (Å²) in [5.41, 5.74) is 3.75. The second-order valence-corrected chi connectivity index (χ2v) is 13.9. The average molecular weight is 611 g/mol. The summed E-state index contributed by atoms with van der Waals surface area (Å²) in [6, 6.07) is 16.1. The van der Waals surface area contributed by atoms with Crippen molar-refractivity contribution in [1.82, 2.24) is 20.9 Å². The SMILES string of the molecule is CC(=O)C=C(C)NCc1ccccc1CCNC(=O)C(C)(Cc1c[nH]c2ccccc12)NC(=O)OC1C2CC3CC(C2)CC1C3. The molecule has 3 aromatic rings. The van der Waals surface area contributed by atoms with Gasteiger partial charge in [0.05, 0.1) is 0 Å². The third-order valence-electron chi connectivity index (χ3n) is 10.3.